The van der Waals surface area contributed by atoms with Crippen molar-refractivity contribution in [3.63, 3.8) is 0 Å². The van der Waals surface area contributed by atoms with Gasteiger partial charge in [0.25, 0.3) is 0 Å². The van der Waals surface area contributed by atoms with Crippen molar-refractivity contribution in [3.8, 4) is 0 Å². The molecule has 22 heavy (non-hydrogen) atoms. The number of amides is 1. The zero-order valence-electron chi connectivity index (χ0n) is 11.9. The first-order valence-corrected chi connectivity index (χ1v) is 6.84. The molecule has 1 aromatic heterocycles. The molecule has 0 saturated carbocycles. The molecule has 0 aliphatic carbocycles. The van der Waals surface area contributed by atoms with Crippen LogP contribution in [0.1, 0.15) is 17.3 Å². The van der Waals surface area contributed by atoms with Crippen LogP contribution in [-0.2, 0) is 14.3 Å². The zero-order valence-corrected chi connectivity index (χ0v) is 12.6. The number of methoxy groups -OCH3 is 1. The maximum Gasteiger partial charge on any atom is 0.360 e. The van der Waals surface area contributed by atoms with Gasteiger partial charge >= 0.3 is 11.6 Å². The van der Waals surface area contributed by atoms with E-state index in [2.05, 4.69) is 15.0 Å². The smallest absolute Gasteiger partial charge is 0.360 e. The topological polar surface area (TPSA) is 98.5 Å². The maximum absolute atomic E-state index is 12.1. The molecule has 0 spiro atoms. The Kier molecular flexibility index (Phi) is 4.77. The monoisotopic (exact) mass is 324 g/mol. The van der Waals surface area contributed by atoms with Crippen molar-refractivity contribution in [2.24, 2.45) is 0 Å². The van der Waals surface area contributed by atoms with E-state index in [4.69, 9.17) is 16.0 Å². The van der Waals surface area contributed by atoms with E-state index >= 15 is 0 Å². The van der Waals surface area contributed by atoms with E-state index in [0.717, 1.165) is 12.7 Å². The Bertz CT molecular complexity index is 786. The largest absolute Gasteiger partial charge is 0.467 e. The van der Waals surface area contributed by atoms with Gasteiger partial charge in [0.05, 0.1) is 7.11 Å². The zero-order chi connectivity index (χ0) is 16.3. The Morgan fingerprint density at radius 1 is 1.45 bits per heavy atom. The minimum Gasteiger partial charge on any atom is -0.467 e. The number of carbonyl (C=O) groups excluding carboxylic acids is 2. The van der Waals surface area contributed by atoms with E-state index in [9.17, 15) is 14.4 Å². The van der Waals surface area contributed by atoms with Gasteiger partial charge in [-0.1, -0.05) is 6.07 Å². The fourth-order valence-corrected chi connectivity index (χ4v) is 1.94. The molecule has 116 valence electrons. The van der Waals surface area contributed by atoms with E-state index < -0.39 is 23.5 Å². The van der Waals surface area contributed by atoms with Gasteiger partial charge in [0, 0.05) is 0 Å². The highest BCUT2D eigenvalue weighted by Crippen LogP contribution is 2.16. The maximum atomic E-state index is 12.1. The average Bonchev–Trinajstić information content (AvgIpc) is 2.51. The van der Waals surface area contributed by atoms with E-state index in [1.807, 2.05) is 6.92 Å². The Balaban J connectivity index is 2.55. The number of ether oxygens (including phenoxy) is 1. The number of aromatic nitrogens is 1. The number of aryl methyl sites for hydroxylation is 1. The average molecular weight is 325 g/mol. The minimum atomic E-state index is -1.38. The molecule has 0 fully saturated rings. The Morgan fingerprint density at radius 3 is 2.82 bits per heavy atom. The van der Waals surface area contributed by atoms with Gasteiger partial charge in [0.1, 0.15) is 11.4 Å². The fraction of sp³-hybridized carbons (Fsp3) is 0.286. The summed E-state index contributed by atoms with van der Waals surface area (Å²) < 4.78 is 9.74. The lowest BCUT2D eigenvalue weighted by Gasteiger charge is -2.14. The molecule has 1 N–H and O–H groups in total. The molecule has 0 saturated heterocycles. The lowest BCUT2D eigenvalue weighted by molar-refractivity contribution is -0.145. The molecule has 2 rings (SSSR count). The van der Waals surface area contributed by atoms with Gasteiger partial charge in [0.15, 0.2) is 17.3 Å². The van der Waals surface area contributed by atoms with Gasteiger partial charge in [-0.3, -0.25) is 4.79 Å². The lowest BCUT2D eigenvalue weighted by Crippen LogP contribution is -2.38. The molecule has 1 unspecified atom stereocenters. The van der Waals surface area contributed by atoms with E-state index in [1.165, 1.54) is 0 Å². The van der Waals surface area contributed by atoms with Crippen molar-refractivity contribution in [1.29, 1.82) is 0 Å². The molecule has 2 aromatic rings. The summed E-state index contributed by atoms with van der Waals surface area (Å²) >= 11 is 5.40. The van der Waals surface area contributed by atoms with Gasteiger partial charge in [0.2, 0.25) is 5.91 Å². The van der Waals surface area contributed by atoms with E-state index in [1.54, 1.807) is 18.2 Å². The summed E-state index contributed by atoms with van der Waals surface area (Å²) in [7, 11) is 1.13. The number of nitrogens with zero attached hydrogens (tertiary/aromatic N) is 1. The third-order valence-electron chi connectivity index (χ3n) is 2.91. The van der Waals surface area contributed by atoms with Crippen LogP contribution in [0, 0.1) is 6.92 Å². The normalized spacial score (nSPS) is 12.0. The third kappa shape index (κ3) is 3.25. The number of carbonyl (C=O) groups is 2. The number of fused-ring (bicyclic) bond motifs is 1. The second kappa shape index (κ2) is 6.57. The molecule has 1 aromatic carbocycles. The van der Waals surface area contributed by atoms with Gasteiger partial charge < -0.3 is 14.5 Å². The van der Waals surface area contributed by atoms with Gasteiger partial charge in [-0.05, 0) is 24.6 Å². The van der Waals surface area contributed by atoms with Gasteiger partial charge in [-0.2, -0.15) is 0 Å². The summed E-state index contributed by atoms with van der Waals surface area (Å²) in [4.78, 5) is 39.4. The van der Waals surface area contributed by atoms with E-state index in [0.29, 0.717) is 11.1 Å². The van der Waals surface area contributed by atoms with Crippen LogP contribution in [0.3, 0.4) is 0 Å². The summed E-state index contributed by atoms with van der Waals surface area (Å²) in [5.74, 6) is -1.85. The van der Waals surface area contributed by atoms with Crippen molar-refractivity contribution >= 4 is 34.6 Å². The van der Waals surface area contributed by atoms with Crippen LogP contribution < -0.4 is 10.9 Å². The summed E-state index contributed by atoms with van der Waals surface area (Å²) in [5.41, 5.74) is 0.477. The second-order valence-corrected chi connectivity index (χ2v) is 4.78. The standard InChI is InChI=1S/C14H13ClN2O5/c1-7-3-4-8-9(5-7)22-14(20)12(16-8)11(13(19)21-2)17-10(18)6-15/h3-5,11H,6H2,1-2H3,(H,17,18). The van der Waals surface area contributed by atoms with Crippen molar-refractivity contribution in [3.05, 3.63) is 39.9 Å². The number of halogens is 1. The Labute approximate surface area is 130 Å². The summed E-state index contributed by atoms with van der Waals surface area (Å²) in [5, 5.41) is 2.28. The Hall–Kier alpha value is -2.41. The number of nitrogens with one attached hydrogen (secondary N) is 1. The predicted octanol–water partition coefficient (Wildman–Crippen LogP) is 1.07. The first-order chi connectivity index (χ1) is 10.5. The summed E-state index contributed by atoms with van der Waals surface area (Å²) in [6.07, 6.45) is 0. The molecular weight excluding hydrogens is 312 g/mol. The van der Waals surface area contributed by atoms with Crippen LogP contribution in [0.4, 0.5) is 0 Å². The van der Waals surface area contributed by atoms with Crippen LogP contribution in [0.25, 0.3) is 11.1 Å². The number of rotatable bonds is 4. The quantitative estimate of drug-likeness (QED) is 0.667. The van der Waals surface area contributed by atoms with Crippen molar-refractivity contribution in [2.75, 3.05) is 13.0 Å². The van der Waals surface area contributed by atoms with Crippen LogP contribution in [0.2, 0.25) is 0 Å². The molecule has 8 heteroatoms. The number of hydrogen-bond acceptors (Lipinski definition) is 6. The van der Waals surface area contributed by atoms with Crippen molar-refractivity contribution in [2.45, 2.75) is 13.0 Å². The number of hydrogen-bond donors (Lipinski definition) is 1. The highest BCUT2D eigenvalue weighted by atomic mass is 35.5. The molecule has 0 bridgehead atoms. The third-order valence-corrected chi connectivity index (χ3v) is 3.15. The molecule has 0 aliphatic rings. The van der Waals surface area contributed by atoms with Crippen LogP contribution in [-0.4, -0.2) is 29.9 Å². The van der Waals surface area contributed by atoms with Crippen LogP contribution >= 0.6 is 11.6 Å². The fourth-order valence-electron chi connectivity index (χ4n) is 1.86. The summed E-state index contributed by atoms with van der Waals surface area (Å²) in [6.45, 7) is 1.84. The predicted molar refractivity (Wildman–Crippen MR) is 78.6 cm³/mol. The van der Waals surface area contributed by atoms with Crippen molar-refractivity contribution in [1.82, 2.24) is 10.3 Å². The van der Waals surface area contributed by atoms with Crippen LogP contribution in [0.5, 0.6) is 0 Å². The number of esters is 1. The molecule has 1 amide bonds. The van der Waals surface area contributed by atoms with Crippen molar-refractivity contribution < 1.29 is 18.7 Å². The molecule has 1 heterocycles. The number of alkyl halides is 1. The molecule has 7 nitrogen and oxygen atoms in total. The highest BCUT2D eigenvalue weighted by Gasteiger charge is 2.29. The SMILES string of the molecule is COC(=O)C(NC(=O)CCl)c1nc2ccc(C)cc2oc1=O. The molecule has 1 atom stereocenters. The molecular formula is C14H13ClN2O5. The van der Waals surface area contributed by atoms with Crippen LogP contribution in [0.15, 0.2) is 27.4 Å². The number of benzene rings is 1. The minimum absolute atomic E-state index is 0.262. The Morgan fingerprint density at radius 2 is 2.18 bits per heavy atom. The summed E-state index contributed by atoms with van der Waals surface area (Å²) in [6, 6.07) is 3.70. The second-order valence-electron chi connectivity index (χ2n) is 4.52. The first kappa shape index (κ1) is 16.0. The van der Waals surface area contributed by atoms with Gasteiger partial charge in [-0.25, -0.2) is 14.6 Å². The molecule has 0 radical (unpaired) electrons. The highest BCUT2D eigenvalue weighted by molar-refractivity contribution is 6.27. The molecule has 0 aliphatic heterocycles. The van der Waals surface area contributed by atoms with E-state index in [-0.39, 0.29) is 11.6 Å². The first-order valence-electron chi connectivity index (χ1n) is 6.31. The van der Waals surface area contributed by atoms with Gasteiger partial charge in [-0.15, -0.1) is 11.6 Å². The lowest BCUT2D eigenvalue weighted by atomic mass is 10.2.